The van der Waals surface area contributed by atoms with Crippen molar-refractivity contribution in [1.29, 1.82) is 0 Å². The minimum Gasteiger partial charge on any atom is -0.349 e. The van der Waals surface area contributed by atoms with E-state index >= 15 is 0 Å². The highest BCUT2D eigenvalue weighted by Crippen LogP contribution is 2.19. The van der Waals surface area contributed by atoms with Crippen LogP contribution in [0.15, 0.2) is 59.5 Å². The molecule has 7 heteroatoms. The van der Waals surface area contributed by atoms with Crippen LogP contribution in [0.25, 0.3) is 0 Å². The molecule has 0 aliphatic carbocycles. The second-order valence-corrected chi connectivity index (χ2v) is 7.73. The lowest BCUT2D eigenvalue weighted by Crippen LogP contribution is -2.29. The third-order valence-electron chi connectivity index (χ3n) is 3.54. The van der Waals surface area contributed by atoms with E-state index < -0.39 is 15.9 Å². The second kappa shape index (κ2) is 7.94. The summed E-state index contributed by atoms with van der Waals surface area (Å²) in [6.45, 7) is 1.40. The molecule has 2 N–H and O–H groups in total. The van der Waals surface area contributed by atoms with Gasteiger partial charge in [0.2, 0.25) is 11.8 Å². The van der Waals surface area contributed by atoms with Gasteiger partial charge in [-0.15, -0.1) is 0 Å². The summed E-state index contributed by atoms with van der Waals surface area (Å²) in [6.07, 6.45) is 1.19. The molecule has 0 heterocycles. The molecule has 1 atom stereocenters. The molecule has 0 aromatic heterocycles. The van der Waals surface area contributed by atoms with Gasteiger partial charge in [-0.3, -0.25) is 9.59 Å². The van der Waals surface area contributed by atoms with Gasteiger partial charge in [0.25, 0.3) is 0 Å². The monoisotopic (exact) mass is 360 g/mol. The van der Waals surface area contributed by atoms with Gasteiger partial charge in [0, 0.05) is 18.9 Å². The highest BCUT2D eigenvalue weighted by atomic mass is 32.2. The predicted octanol–water partition coefficient (Wildman–Crippen LogP) is 2.30. The zero-order valence-corrected chi connectivity index (χ0v) is 14.8. The van der Waals surface area contributed by atoms with E-state index in [1.807, 2.05) is 30.3 Å². The Morgan fingerprint density at radius 2 is 1.60 bits per heavy atom. The van der Waals surface area contributed by atoms with Crippen molar-refractivity contribution in [1.82, 2.24) is 5.32 Å². The van der Waals surface area contributed by atoms with Gasteiger partial charge in [-0.25, -0.2) is 8.42 Å². The quantitative estimate of drug-likeness (QED) is 0.827. The van der Waals surface area contributed by atoms with Crippen molar-refractivity contribution >= 4 is 27.3 Å². The number of carbonyl (C=O) groups excluding carboxylic acids is 2. The molecule has 0 aliphatic rings. The third-order valence-corrected chi connectivity index (χ3v) is 4.66. The van der Waals surface area contributed by atoms with E-state index in [2.05, 4.69) is 10.6 Å². The number of sulfone groups is 1. The molecule has 0 saturated heterocycles. The standard InChI is InChI=1S/C18H20N2O4S/c1-13(21)19-17(14-6-4-3-5-7-14)12-18(22)20-15-8-10-16(11-9-15)25(2,23)24/h3-11,17H,12H2,1-2H3,(H,19,21)(H,20,22)/t17-/m0/s1. The molecule has 2 aromatic carbocycles. The summed E-state index contributed by atoms with van der Waals surface area (Å²) in [5.41, 5.74) is 1.33. The van der Waals surface area contributed by atoms with Crippen LogP contribution in [0.1, 0.15) is 24.9 Å². The van der Waals surface area contributed by atoms with Crippen molar-refractivity contribution in [2.24, 2.45) is 0 Å². The van der Waals surface area contributed by atoms with Crippen LogP contribution in [-0.4, -0.2) is 26.5 Å². The first-order valence-corrected chi connectivity index (χ1v) is 9.57. The van der Waals surface area contributed by atoms with Crippen LogP contribution in [0.5, 0.6) is 0 Å². The van der Waals surface area contributed by atoms with Gasteiger partial charge in [-0.2, -0.15) is 0 Å². The number of hydrogen-bond donors (Lipinski definition) is 2. The molecule has 0 aliphatic heterocycles. The Hall–Kier alpha value is -2.67. The Morgan fingerprint density at radius 1 is 1.00 bits per heavy atom. The molecular formula is C18H20N2O4S. The SMILES string of the molecule is CC(=O)N[C@@H](CC(=O)Nc1ccc(S(C)(=O)=O)cc1)c1ccccc1. The molecule has 6 nitrogen and oxygen atoms in total. The average molecular weight is 360 g/mol. The van der Waals surface area contributed by atoms with Gasteiger partial charge >= 0.3 is 0 Å². The predicted molar refractivity (Wildman–Crippen MR) is 95.8 cm³/mol. The van der Waals surface area contributed by atoms with Crippen LogP contribution in [-0.2, 0) is 19.4 Å². The van der Waals surface area contributed by atoms with E-state index in [9.17, 15) is 18.0 Å². The molecule has 132 valence electrons. The van der Waals surface area contributed by atoms with E-state index in [0.717, 1.165) is 11.8 Å². The van der Waals surface area contributed by atoms with Crippen molar-refractivity contribution in [3.8, 4) is 0 Å². The van der Waals surface area contributed by atoms with Gasteiger partial charge in [0.1, 0.15) is 0 Å². The summed E-state index contributed by atoms with van der Waals surface area (Å²) < 4.78 is 22.9. The highest BCUT2D eigenvalue weighted by Gasteiger charge is 2.17. The summed E-state index contributed by atoms with van der Waals surface area (Å²) in [5, 5.41) is 5.47. The Labute approximate surface area is 147 Å². The van der Waals surface area contributed by atoms with Crippen molar-refractivity contribution < 1.29 is 18.0 Å². The maximum atomic E-state index is 12.3. The van der Waals surface area contributed by atoms with Crippen molar-refractivity contribution in [2.45, 2.75) is 24.3 Å². The normalized spacial score (nSPS) is 12.2. The number of carbonyl (C=O) groups is 2. The molecule has 0 bridgehead atoms. The lowest BCUT2D eigenvalue weighted by atomic mass is 10.0. The Kier molecular flexibility index (Phi) is 5.93. The number of anilines is 1. The number of benzene rings is 2. The van der Waals surface area contributed by atoms with Gasteiger partial charge in [-0.1, -0.05) is 30.3 Å². The first kappa shape index (κ1) is 18.7. The molecule has 0 unspecified atom stereocenters. The smallest absolute Gasteiger partial charge is 0.226 e. The molecule has 25 heavy (non-hydrogen) atoms. The Balaban J connectivity index is 2.07. The van der Waals surface area contributed by atoms with E-state index in [4.69, 9.17) is 0 Å². The molecule has 0 saturated carbocycles. The van der Waals surface area contributed by atoms with E-state index in [-0.39, 0.29) is 23.1 Å². The fraction of sp³-hybridized carbons (Fsp3) is 0.222. The van der Waals surface area contributed by atoms with Gasteiger partial charge in [0.15, 0.2) is 9.84 Å². The van der Waals surface area contributed by atoms with Crippen LogP contribution >= 0.6 is 0 Å². The number of nitrogens with one attached hydrogen (secondary N) is 2. The van der Waals surface area contributed by atoms with Crippen molar-refractivity contribution in [3.05, 3.63) is 60.2 Å². The molecule has 0 fully saturated rings. The lowest BCUT2D eigenvalue weighted by Gasteiger charge is -2.18. The van der Waals surface area contributed by atoms with Gasteiger partial charge in [-0.05, 0) is 29.8 Å². The number of hydrogen-bond acceptors (Lipinski definition) is 4. The third kappa shape index (κ3) is 5.72. The fourth-order valence-electron chi connectivity index (χ4n) is 2.37. The Bertz CT molecular complexity index is 846. The molecule has 2 rings (SSSR count). The zero-order valence-electron chi connectivity index (χ0n) is 14.0. The zero-order chi connectivity index (χ0) is 18.4. The number of amides is 2. The fourth-order valence-corrected chi connectivity index (χ4v) is 3.00. The van der Waals surface area contributed by atoms with Gasteiger partial charge in [0.05, 0.1) is 17.4 Å². The molecular weight excluding hydrogens is 340 g/mol. The average Bonchev–Trinajstić information content (AvgIpc) is 2.54. The van der Waals surface area contributed by atoms with Crippen molar-refractivity contribution in [3.63, 3.8) is 0 Å². The maximum Gasteiger partial charge on any atom is 0.226 e. The first-order chi connectivity index (χ1) is 11.8. The van der Waals surface area contributed by atoms with Crippen LogP contribution in [0.4, 0.5) is 5.69 Å². The second-order valence-electron chi connectivity index (χ2n) is 5.71. The topological polar surface area (TPSA) is 92.3 Å². The summed E-state index contributed by atoms with van der Waals surface area (Å²) in [6, 6.07) is 14.7. The number of rotatable bonds is 6. The summed E-state index contributed by atoms with van der Waals surface area (Å²) in [7, 11) is -3.28. The van der Waals surface area contributed by atoms with E-state index in [1.165, 1.54) is 31.2 Å². The summed E-state index contributed by atoms with van der Waals surface area (Å²) in [5.74, 6) is -0.506. The van der Waals surface area contributed by atoms with E-state index in [1.54, 1.807) is 0 Å². The minimum atomic E-state index is -3.28. The Morgan fingerprint density at radius 3 is 2.12 bits per heavy atom. The summed E-state index contributed by atoms with van der Waals surface area (Å²) in [4.78, 5) is 23.9. The molecule has 2 aromatic rings. The summed E-state index contributed by atoms with van der Waals surface area (Å²) >= 11 is 0. The van der Waals surface area contributed by atoms with Crippen LogP contribution in [0.3, 0.4) is 0 Å². The van der Waals surface area contributed by atoms with Crippen LogP contribution in [0, 0.1) is 0 Å². The van der Waals surface area contributed by atoms with Crippen LogP contribution in [0.2, 0.25) is 0 Å². The maximum absolute atomic E-state index is 12.3. The van der Waals surface area contributed by atoms with E-state index in [0.29, 0.717) is 5.69 Å². The van der Waals surface area contributed by atoms with Crippen molar-refractivity contribution in [2.75, 3.05) is 11.6 Å². The highest BCUT2D eigenvalue weighted by molar-refractivity contribution is 7.90. The largest absolute Gasteiger partial charge is 0.349 e. The first-order valence-electron chi connectivity index (χ1n) is 7.68. The molecule has 2 amide bonds. The molecule has 0 radical (unpaired) electrons. The lowest BCUT2D eigenvalue weighted by molar-refractivity contribution is -0.120. The van der Waals surface area contributed by atoms with Crippen LogP contribution < -0.4 is 10.6 Å². The minimum absolute atomic E-state index is 0.0669. The molecule has 0 spiro atoms. The van der Waals surface area contributed by atoms with Gasteiger partial charge < -0.3 is 10.6 Å².